The molecule has 1 aliphatic rings. The van der Waals surface area contributed by atoms with Crippen LogP contribution in [0.25, 0.3) is 5.65 Å². The number of carbonyl (C=O) groups is 1. The summed E-state index contributed by atoms with van der Waals surface area (Å²) in [6.45, 7) is 2.98. The molecular formula is C21H21ClN10O3. The lowest BCUT2D eigenvalue weighted by atomic mass is 10.0. The molecule has 1 amide bonds. The highest BCUT2D eigenvalue weighted by Gasteiger charge is 2.30. The lowest BCUT2D eigenvalue weighted by Crippen LogP contribution is -2.54. The van der Waals surface area contributed by atoms with Crippen molar-refractivity contribution in [1.29, 1.82) is 10.5 Å². The molecule has 14 heteroatoms. The van der Waals surface area contributed by atoms with Crippen LogP contribution in [-0.2, 0) is 0 Å². The van der Waals surface area contributed by atoms with Crippen molar-refractivity contribution in [3.05, 3.63) is 34.6 Å². The van der Waals surface area contributed by atoms with E-state index in [0.717, 1.165) is 0 Å². The maximum atomic E-state index is 10.9. The molecule has 0 aliphatic carbocycles. The van der Waals surface area contributed by atoms with Gasteiger partial charge < -0.3 is 31.1 Å². The first-order valence-electron chi connectivity index (χ1n) is 10.7. The van der Waals surface area contributed by atoms with Gasteiger partial charge in [0.25, 0.3) is 0 Å². The fraction of sp³-hybridized carbons (Fsp3) is 0.333. The Morgan fingerprint density at radius 3 is 2.80 bits per heavy atom. The van der Waals surface area contributed by atoms with Crippen molar-refractivity contribution in [2.45, 2.75) is 25.5 Å². The number of fused-ring (bicyclic) bond motifs is 1. The molecular weight excluding hydrogens is 476 g/mol. The van der Waals surface area contributed by atoms with E-state index in [1.165, 1.54) is 10.7 Å². The van der Waals surface area contributed by atoms with Crippen LogP contribution < -0.4 is 20.9 Å². The summed E-state index contributed by atoms with van der Waals surface area (Å²) in [5.74, 6) is 0.533. The molecule has 5 N–H and O–H groups in total. The van der Waals surface area contributed by atoms with Gasteiger partial charge in [-0.2, -0.15) is 20.0 Å². The molecule has 3 aromatic rings. The monoisotopic (exact) mass is 496 g/mol. The number of aliphatic hydroxyl groups is 1. The first-order chi connectivity index (χ1) is 16.8. The summed E-state index contributed by atoms with van der Waals surface area (Å²) in [6, 6.07) is 6.66. The van der Waals surface area contributed by atoms with Gasteiger partial charge in [-0.05, 0) is 25.5 Å². The van der Waals surface area contributed by atoms with E-state index in [4.69, 9.17) is 16.7 Å². The average molecular weight is 497 g/mol. The molecule has 0 spiro atoms. The zero-order valence-corrected chi connectivity index (χ0v) is 19.3. The Morgan fingerprint density at radius 1 is 1.34 bits per heavy atom. The van der Waals surface area contributed by atoms with Crippen molar-refractivity contribution >= 4 is 46.5 Å². The van der Waals surface area contributed by atoms with Crippen LogP contribution in [0.5, 0.6) is 0 Å². The summed E-state index contributed by atoms with van der Waals surface area (Å²) in [6.07, 6.45) is -0.418. The highest BCUT2D eigenvalue weighted by molar-refractivity contribution is 6.36. The van der Waals surface area contributed by atoms with Crippen LogP contribution in [0, 0.1) is 22.7 Å². The van der Waals surface area contributed by atoms with E-state index in [1.807, 2.05) is 13.0 Å². The van der Waals surface area contributed by atoms with Gasteiger partial charge in [-0.15, -0.1) is 5.10 Å². The van der Waals surface area contributed by atoms with Crippen molar-refractivity contribution < 1.29 is 15.0 Å². The van der Waals surface area contributed by atoms with Gasteiger partial charge in [-0.25, -0.2) is 9.78 Å². The Kier molecular flexibility index (Phi) is 6.73. The second-order valence-electron chi connectivity index (χ2n) is 7.76. The second kappa shape index (κ2) is 9.89. The molecule has 0 bridgehead atoms. The molecule has 2 atom stereocenters. The van der Waals surface area contributed by atoms with Gasteiger partial charge >= 0.3 is 6.09 Å². The van der Waals surface area contributed by atoms with E-state index < -0.39 is 18.2 Å². The van der Waals surface area contributed by atoms with Crippen LogP contribution in [0.2, 0.25) is 5.02 Å². The molecule has 0 radical (unpaired) electrons. The number of rotatable bonds is 6. The number of imidazole rings is 1. The number of β-amino-alcohol motifs (C(OH)–C–C–N with tert-alkyl or cyclic N) is 1. The number of nitrogens with one attached hydrogen (secondary N) is 3. The van der Waals surface area contributed by atoms with E-state index in [9.17, 15) is 20.4 Å². The number of benzene rings is 1. The largest absolute Gasteiger partial charge is 0.465 e. The van der Waals surface area contributed by atoms with Gasteiger partial charge in [0.2, 0.25) is 5.95 Å². The number of amides is 1. The predicted octanol–water partition coefficient (Wildman–Crippen LogP) is 1.90. The maximum absolute atomic E-state index is 10.9. The number of carboxylic acid groups (broad SMARTS) is 1. The topological polar surface area (TPSA) is 188 Å². The molecule has 0 unspecified atom stereocenters. The lowest BCUT2D eigenvalue weighted by Gasteiger charge is -2.37. The molecule has 1 aromatic carbocycles. The first-order valence-corrected chi connectivity index (χ1v) is 11.0. The van der Waals surface area contributed by atoms with Crippen molar-refractivity contribution in [2.24, 2.45) is 0 Å². The number of aliphatic hydroxyl groups excluding tert-OH is 1. The summed E-state index contributed by atoms with van der Waals surface area (Å²) in [5.41, 5.74) is 1.75. The fourth-order valence-corrected chi connectivity index (χ4v) is 4.17. The Labute approximate surface area is 204 Å². The number of hydrogen-bond donors (Lipinski definition) is 5. The van der Waals surface area contributed by atoms with Gasteiger partial charge in [-0.3, -0.25) is 0 Å². The maximum Gasteiger partial charge on any atom is 0.404 e. The van der Waals surface area contributed by atoms with Gasteiger partial charge in [0.15, 0.2) is 17.2 Å². The molecule has 2 aromatic heterocycles. The molecule has 1 fully saturated rings. The summed E-state index contributed by atoms with van der Waals surface area (Å²) in [4.78, 5) is 21.4. The van der Waals surface area contributed by atoms with Crippen LogP contribution in [0.1, 0.15) is 24.6 Å². The lowest BCUT2D eigenvalue weighted by molar-refractivity contribution is 0.108. The average Bonchev–Trinajstić information content (AvgIpc) is 3.25. The van der Waals surface area contributed by atoms with Gasteiger partial charge in [0, 0.05) is 19.6 Å². The molecule has 1 aliphatic heterocycles. The molecule has 4 rings (SSSR count). The van der Waals surface area contributed by atoms with Crippen LogP contribution in [0.3, 0.4) is 0 Å². The van der Waals surface area contributed by atoms with Crippen molar-refractivity contribution in [1.82, 2.24) is 24.9 Å². The van der Waals surface area contributed by atoms with Gasteiger partial charge in [0.05, 0.1) is 46.4 Å². The quantitative estimate of drug-likeness (QED) is 0.335. The minimum absolute atomic E-state index is 0.118. The van der Waals surface area contributed by atoms with E-state index in [1.54, 1.807) is 17.0 Å². The Balaban J connectivity index is 1.69. The zero-order valence-electron chi connectivity index (χ0n) is 18.5. The zero-order chi connectivity index (χ0) is 25.1. The summed E-state index contributed by atoms with van der Waals surface area (Å²) < 4.78 is 1.35. The number of aromatic nitrogens is 4. The highest BCUT2D eigenvalue weighted by atomic mass is 35.5. The third-order valence-corrected chi connectivity index (χ3v) is 5.88. The van der Waals surface area contributed by atoms with E-state index in [0.29, 0.717) is 47.9 Å². The number of nitrogens with zero attached hydrogens (tertiary/aromatic N) is 7. The number of nitriles is 2. The molecule has 3 heterocycles. The van der Waals surface area contributed by atoms with E-state index in [-0.39, 0.29) is 23.2 Å². The van der Waals surface area contributed by atoms with E-state index in [2.05, 4.69) is 37.1 Å². The van der Waals surface area contributed by atoms with Gasteiger partial charge in [0.1, 0.15) is 6.07 Å². The Bertz CT molecular complexity index is 1360. The normalized spacial score (nSPS) is 17.5. The highest BCUT2D eigenvalue weighted by Crippen LogP contribution is 2.37. The van der Waals surface area contributed by atoms with Gasteiger partial charge in [-0.1, -0.05) is 11.6 Å². The second-order valence-corrected chi connectivity index (χ2v) is 8.13. The third-order valence-electron chi connectivity index (χ3n) is 5.48. The van der Waals surface area contributed by atoms with Crippen molar-refractivity contribution in [3.63, 3.8) is 0 Å². The summed E-state index contributed by atoms with van der Waals surface area (Å²) in [5, 5.41) is 51.4. The third kappa shape index (κ3) is 4.82. The van der Waals surface area contributed by atoms with E-state index >= 15 is 0 Å². The molecule has 0 saturated carbocycles. The smallest absolute Gasteiger partial charge is 0.404 e. The number of halogens is 1. The SMILES string of the molecule is CCNc1nc(Nc2cc(C#N)cc(N3CC[C@@H](NC(=O)O)[C@@H](O)C3)c2Cl)nn2c(C#N)cnc12. The summed E-state index contributed by atoms with van der Waals surface area (Å²) >= 11 is 6.70. The minimum atomic E-state index is -1.20. The fourth-order valence-electron chi connectivity index (χ4n) is 3.89. The number of anilines is 4. The Hall–Kier alpha value is -4.33. The van der Waals surface area contributed by atoms with Crippen molar-refractivity contribution in [3.8, 4) is 12.1 Å². The predicted molar refractivity (Wildman–Crippen MR) is 127 cm³/mol. The van der Waals surface area contributed by atoms with Crippen LogP contribution in [0.4, 0.5) is 27.9 Å². The standard InChI is InChI=1S/C21H21ClN10O3/c1-2-25-18-19-26-9-12(8-24)32(19)30-20(29-18)27-14-5-11(7-23)6-15(17(14)22)31-4-3-13(16(33)10-31)28-21(34)35/h5-6,9,13,16,28,33H,2-4,10H2,1H3,(H,34,35)(H2,25,27,29,30)/t13-,16+/m1/s1. The van der Waals surface area contributed by atoms with Crippen LogP contribution in [-0.4, -0.2) is 67.7 Å². The van der Waals surface area contributed by atoms with Crippen molar-refractivity contribution in [2.75, 3.05) is 35.2 Å². The minimum Gasteiger partial charge on any atom is -0.465 e. The first kappa shape index (κ1) is 23.8. The molecule has 35 heavy (non-hydrogen) atoms. The summed E-state index contributed by atoms with van der Waals surface area (Å²) in [7, 11) is 0. The molecule has 13 nitrogen and oxygen atoms in total. The van der Waals surface area contributed by atoms with Crippen LogP contribution >= 0.6 is 11.6 Å². The molecule has 180 valence electrons. The molecule has 1 saturated heterocycles. The Morgan fingerprint density at radius 2 is 2.14 bits per heavy atom. The number of hydrogen-bond acceptors (Lipinski definition) is 10. The van der Waals surface area contributed by atoms with Crippen LogP contribution in [0.15, 0.2) is 18.3 Å². The number of piperidine rings is 1.